The average Bonchev–Trinajstić information content (AvgIpc) is 3.25. The van der Waals surface area contributed by atoms with Gasteiger partial charge in [-0.15, -0.1) is 0 Å². The van der Waals surface area contributed by atoms with Crippen molar-refractivity contribution >= 4 is 35.2 Å². The Bertz CT molecular complexity index is 876. The third-order valence-corrected chi connectivity index (χ3v) is 6.89. The highest BCUT2D eigenvalue weighted by Gasteiger charge is 2.32. The van der Waals surface area contributed by atoms with E-state index in [9.17, 15) is 4.79 Å². The van der Waals surface area contributed by atoms with Crippen molar-refractivity contribution in [3.05, 3.63) is 75.8 Å². The van der Waals surface area contributed by atoms with E-state index in [2.05, 4.69) is 35.2 Å². The molecule has 2 aromatic rings. The molecule has 2 fully saturated rings. The van der Waals surface area contributed by atoms with E-state index in [0.29, 0.717) is 22.0 Å². The number of benzene rings is 2. The van der Waals surface area contributed by atoms with Crippen LogP contribution in [0, 0.1) is 0 Å². The van der Waals surface area contributed by atoms with Crippen LogP contribution in [0.5, 0.6) is 0 Å². The molecular weight excluding hydrogens is 403 g/mol. The minimum Gasteiger partial charge on any atom is -0.338 e. The molecule has 3 nitrogen and oxygen atoms in total. The number of carbonyl (C=O) groups excluding carboxylic acids is 1. The second kappa shape index (κ2) is 9.34. The third kappa shape index (κ3) is 5.03. The summed E-state index contributed by atoms with van der Waals surface area (Å²) in [6.45, 7) is 3.88. The van der Waals surface area contributed by atoms with Gasteiger partial charge in [-0.25, -0.2) is 0 Å². The molecule has 0 bridgehead atoms. The van der Waals surface area contributed by atoms with Crippen molar-refractivity contribution in [2.45, 2.75) is 31.2 Å². The van der Waals surface area contributed by atoms with Crippen molar-refractivity contribution in [3.63, 3.8) is 0 Å². The molecular formula is C24H26Cl2N2O. The molecule has 1 atom stereocenters. The number of halogens is 2. The number of carbonyl (C=O) groups is 1. The van der Waals surface area contributed by atoms with E-state index in [1.54, 1.807) is 18.2 Å². The van der Waals surface area contributed by atoms with Gasteiger partial charge in [0, 0.05) is 25.2 Å². The number of hydrogen-bond donors (Lipinski definition) is 0. The molecule has 0 N–H and O–H groups in total. The summed E-state index contributed by atoms with van der Waals surface area (Å²) in [6, 6.07) is 16.7. The van der Waals surface area contributed by atoms with Crippen molar-refractivity contribution in [1.82, 2.24) is 9.80 Å². The van der Waals surface area contributed by atoms with Gasteiger partial charge in [-0.2, -0.15) is 0 Å². The molecule has 0 aliphatic carbocycles. The Morgan fingerprint density at radius 3 is 2.41 bits per heavy atom. The fraction of sp³-hybridized carbons (Fsp3) is 0.375. The highest BCUT2D eigenvalue weighted by atomic mass is 35.5. The van der Waals surface area contributed by atoms with Crippen LogP contribution in [-0.2, 0) is 4.79 Å². The molecule has 2 aromatic carbocycles. The summed E-state index contributed by atoms with van der Waals surface area (Å²) in [7, 11) is 0. The van der Waals surface area contributed by atoms with Crippen molar-refractivity contribution < 1.29 is 4.79 Å². The van der Waals surface area contributed by atoms with Gasteiger partial charge in [0.15, 0.2) is 0 Å². The van der Waals surface area contributed by atoms with E-state index < -0.39 is 0 Å². The molecule has 5 heteroatoms. The van der Waals surface area contributed by atoms with Gasteiger partial charge in [0.1, 0.15) is 0 Å². The van der Waals surface area contributed by atoms with Crippen LogP contribution >= 0.6 is 23.2 Å². The maximum absolute atomic E-state index is 12.6. The van der Waals surface area contributed by atoms with Gasteiger partial charge in [-0.1, -0.05) is 59.6 Å². The van der Waals surface area contributed by atoms with Gasteiger partial charge in [-0.3, -0.25) is 9.69 Å². The lowest BCUT2D eigenvalue weighted by Gasteiger charge is -2.36. The number of hydrogen-bond acceptors (Lipinski definition) is 2. The van der Waals surface area contributed by atoms with Crippen LogP contribution in [0.4, 0.5) is 0 Å². The summed E-state index contributed by atoms with van der Waals surface area (Å²) >= 11 is 12.0. The van der Waals surface area contributed by atoms with Crippen LogP contribution in [0.3, 0.4) is 0 Å². The SMILES string of the molecule is O=C(C=Cc1ccc(Cl)c(Cl)c1)N1CCC(N2CCC(c3ccccc3)CC2)C1. The zero-order chi connectivity index (χ0) is 20.2. The van der Waals surface area contributed by atoms with Crippen LogP contribution in [-0.4, -0.2) is 47.9 Å². The molecule has 0 aromatic heterocycles. The molecule has 2 aliphatic heterocycles. The molecule has 2 aliphatic rings. The molecule has 29 heavy (non-hydrogen) atoms. The van der Waals surface area contributed by atoms with Crippen LogP contribution in [0.1, 0.15) is 36.3 Å². The van der Waals surface area contributed by atoms with Crippen LogP contribution in [0.15, 0.2) is 54.6 Å². The Hall–Kier alpha value is -1.81. The molecule has 0 saturated carbocycles. The first kappa shape index (κ1) is 20.5. The van der Waals surface area contributed by atoms with Gasteiger partial charge in [0.2, 0.25) is 5.91 Å². The van der Waals surface area contributed by atoms with E-state index in [1.165, 1.54) is 18.4 Å². The molecule has 1 amide bonds. The zero-order valence-corrected chi connectivity index (χ0v) is 17.9. The quantitative estimate of drug-likeness (QED) is 0.601. The Kier molecular flexibility index (Phi) is 6.59. The fourth-order valence-corrected chi connectivity index (χ4v) is 4.76. The second-order valence-corrected chi connectivity index (χ2v) is 8.77. The van der Waals surface area contributed by atoms with E-state index in [-0.39, 0.29) is 5.91 Å². The molecule has 1 unspecified atom stereocenters. The first-order valence-corrected chi connectivity index (χ1v) is 11.1. The van der Waals surface area contributed by atoms with Crippen LogP contribution in [0.2, 0.25) is 10.0 Å². The smallest absolute Gasteiger partial charge is 0.246 e. The molecule has 0 spiro atoms. The Morgan fingerprint density at radius 1 is 0.931 bits per heavy atom. The number of likely N-dealkylation sites (tertiary alicyclic amines) is 2. The average molecular weight is 429 g/mol. The molecule has 152 valence electrons. The number of rotatable bonds is 4. The van der Waals surface area contributed by atoms with Crippen LogP contribution in [0.25, 0.3) is 6.08 Å². The van der Waals surface area contributed by atoms with Gasteiger partial charge >= 0.3 is 0 Å². The second-order valence-electron chi connectivity index (χ2n) is 7.95. The predicted octanol–water partition coefficient (Wildman–Crippen LogP) is 5.49. The number of amides is 1. The lowest BCUT2D eigenvalue weighted by molar-refractivity contribution is -0.125. The summed E-state index contributed by atoms with van der Waals surface area (Å²) in [4.78, 5) is 17.1. The number of piperidine rings is 1. The van der Waals surface area contributed by atoms with E-state index in [4.69, 9.17) is 23.2 Å². The van der Waals surface area contributed by atoms with Gasteiger partial charge < -0.3 is 4.90 Å². The van der Waals surface area contributed by atoms with Crippen molar-refractivity contribution in [2.75, 3.05) is 26.2 Å². The van der Waals surface area contributed by atoms with E-state index >= 15 is 0 Å². The van der Waals surface area contributed by atoms with Gasteiger partial charge in [0.25, 0.3) is 0 Å². The topological polar surface area (TPSA) is 23.6 Å². The Morgan fingerprint density at radius 2 is 1.69 bits per heavy atom. The minimum absolute atomic E-state index is 0.0674. The normalized spacial score (nSPS) is 21.2. The first-order chi connectivity index (χ1) is 14.1. The van der Waals surface area contributed by atoms with Crippen molar-refractivity contribution in [3.8, 4) is 0 Å². The summed E-state index contributed by atoms with van der Waals surface area (Å²) in [6.07, 6.45) is 6.91. The largest absolute Gasteiger partial charge is 0.338 e. The Balaban J connectivity index is 1.28. The maximum Gasteiger partial charge on any atom is 0.246 e. The maximum atomic E-state index is 12.6. The highest BCUT2D eigenvalue weighted by molar-refractivity contribution is 6.42. The number of nitrogens with zero attached hydrogens (tertiary/aromatic N) is 2. The predicted molar refractivity (Wildman–Crippen MR) is 120 cm³/mol. The zero-order valence-electron chi connectivity index (χ0n) is 16.4. The van der Waals surface area contributed by atoms with Gasteiger partial charge in [0.05, 0.1) is 10.0 Å². The summed E-state index contributed by atoms with van der Waals surface area (Å²) in [5.41, 5.74) is 2.34. The summed E-state index contributed by atoms with van der Waals surface area (Å²) < 4.78 is 0. The highest BCUT2D eigenvalue weighted by Crippen LogP contribution is 2.30. The minimum atomic E-state index is 0.0674. The standard InChI is InChI=1S/C24H26Cl2N2O/c25-22-8-6-18(16-23(22)26)7-9-24(29)28-15-12-21(17-28)27-13-10-20(11-14-27)19-4-2-1-3-5-19/h1-9,16,20-21H,10-15,17H2. The Labute approximate surface area is 182 Å². The third-order valence-electron chi connectivity index (χ3n) is 6.15. The lowest BCUT2D eigenvalue weighted by Crippen LogP contribution is -2.42. The molecule has 2 heterocycles. The molecule has 4 rings (SSSR count). The van der Waals surface area contributed by atoms with Crippen molar-refractivity contribution in [1.29, 1.82) is 0 Å². The van der Waals surface area contributed by atoms with E-state index in [0.717, 1.165) is 38.2 Å². The summed E-state index contributed by atoms with van der Waals surface area (Å²) in [5, 5.41) is 1.02. The summed E-state index contributed by atoms with van der Waals surface area (Å²) in [5.74, 6) is 0.735. The fourth-order valence-electron chi connectivity index (χ4n) is 4.45. The van der Waals surface area contributed by atoms with Crippen molar-refractivity contribution in [2.24, 2.45) is 0 Å². The lowest BCUT2D eigenvalue weighted by atomic mass is 9.89. The van der Waals surface area contributed by atoms with Gasteiger partial charge in [-0.05, 0) is 67.6 Å². The molecule has 0 radical (unpaired) electrons. The molecule has 2 saturated heterocycles. The van der Waals surface area contributed by atoms with E-state index in [1.807, 2.05) is 17.0 Å². The monoisotopic (exact) mass is 428 g/mol. The van der Waals surface area contributed by atoms with Crippen LogP contribution < -0.4 is 0 Å². The first-order valence-electron chi connectivity index (χ1n) is 10.3.